The molecule has 34 heavy (non-hydrogen) atoms. The van der Waals surface area contributed by atoms with Crippen LogP contribution in [0.3, 0.4) is 0 Å². The largest absolute Gasteiger partial charge is 0.481 e. The van der Waals surface area contributed by atoms with E-state index in [9.17, 15) is 14.4 Å². The van der Waals surface area contributed by atoms with Crippen molar-refractivity contribution < 1.29 is 19.5 Å². The van der Waals surface area contributed by atoms with Crippen LogP contribution in [0, 0.1) is 0 Å². The minimum Gasteiger partial charge on any atom is -0.481 e. The van der Waals surface area contributed by atoms with Gasteiger partial charge in [-0.15, -0.1) is 0 Å². The van der Waals surface area contributed by atoms with E-state index < -0.39 is 5.97 Å². The minimum absolute atomic E-state index is 0.00258. The van der Waals surface area contributed by atoms with Crippen LogP contribution < -0.4 is 15.1 Å². The molecule has 2 aliphatic rings. The second-order valence-corrected chi connectivity index (χ2v) is 9.17. The van der Waals surface area contributed by atoms with Crippen molar-refractivity contribution in [1.82, 2.24) is 4.90 Å². The maximum atomic E-state index is 12.5. The normalized spacial score (nSPS) is 20.0. The quantitative estimate of drug-likeness (QED) is 0.706. The van der Waals surface area contributed by atoms with Gasteiger partial charge in [0.15, 0.2) is 0 Å². The van der Waals surface area contributed by atoms with Crippen molar-refractivity contribution in [3.63, 3.8) is 0 Å². The summed E-state index contributed by atoms with van der Waals surface area (Å²) in [4.78, 5) is 41.1. The molecule has 2 aromatic carbocycles. The molecule has 2 heterocycles. The molecule has 1 saturated heterocycles. The van der Waals surface area contributed by atoms with Crippen molar-refractivity contribution in [3.05, 3.63) is 53.6 Å². The molecule has 180 valence electrons. The number of rotatable bonds is 5. The van der Waals surface area contributed by atoms with E-state index in [1.807, 2.05) is 40.1 Å². The smallest absolute Gasteiger partial charge is 0.307 e. The Labute approximate surface area is 200 Å². The Kier molecular flexibility index (Phi) is 6.77. The number of carbonyl (C=O) groups is 3. The first-order valence-corrected chi connectivity index (χ1v) is 11.7. The van der Waals surface area contributed by atoms with Gasteiger partial charge in [-0.2, -0.15) is 0 Å². The summed E-state index contributed by atoms with van der Waals surface area (Å²) in [7, 11) is 0. The fraction of sp³-hybridized carbons (Fsp3) is 0.423. The van der Waals surface area contributed by atoms with Crippen molar-refractivity contribution >= 4 is 34.8 Å². The summed E-state index contributed by atoms with van der Waals surface area (Å²) in [5, 5.41) is 12.6. The number of aliphatic carboxylic acids is 1. The molecular formula is C26H32N4O4. The number of fused-ring (bicyclic) bond motifs is 1. The van der Waals surface area contributed by atoms with Crippen molar-refractivity contribution in [2.24, 2.45) is 0 Å². The molecule has 1 fully saturated rings. The zero-order valence-electron chi connectivity index (χ0n) is 20.0. The number of carboxylic acids is 1. The first-order valence-electron chi connectivity index (χ1n) is 11.7. The fourth-order valence-corrected chi connectivity index (χ4v) is 5.04. The highest BCUT2D eigenvalue weighted by atomic mass is 16.4. The van der Waals surface area contributed by atoms with Gasteiger partial charge in [-0.25, -0.2) is 0 Å². The Morgan fingerprint density at radius 2 is 1.65 bits per heavy atom. The van der Waals surface area contributed by atoms with Gasteiger partial charge in [0.25, 0.3) is 0 Å². The van der Waals surface area contributed by atoms with Crippen molar-refractivity contribution in [2.75, 3.05) is 41.3 Å². The lowest BCUT2D eigenvalue weighted by Gasteiger charge is -2.41. The lowest BCUT2D eigenvalue weighted by molar-refractivity contribution is -0.136. The predicted octanol–water partition coefficient (Wildman–Crippen LogP) is 3.28. The summed E-state index contributed by atoms with van der Waals surface area (Å²) in [6, 6.07) is 13.8. The molecule has 0 unspecified atom stereocenters. The molecule has 0 aliphatic carbocycles. The van der Waals surface area contributed by atoms with Crippen LogP contribution in [0.4, 0.5) is 17.1 Å². The zero-order valence-corrected chi connectivity index (χ0v) is 20.0. The first-order chi connectivity index (χ1) is 16.2. The zero-order chi connectivity index (χ0) is 24.4. The van der Waals surface area contributed by atoms with Crippen LogP contribution in [-0.2, 0) is 20.8 Å². The molecule has 0 saturated carbocycles. The average molecular weight is 465 g/mol. The summed E-state index contributed by atoms with van der Waals surface area (Å²) in [5.74, 6) is -0.723. The average Bonchev–Trinajstić information content (AvgIpc) is 2.79. The SMILES string of the molecule is CC(=O)N1CCN(c2ccc3c(c2)[C@@H](Nc2ccc(CC(=O)O)cc2)C[C@@H](C)N3C(C)=O)CC1. The Morgan fingerprint density at radius 1 is 0.971 bits per heavy atom. The number of carbonyl (C=O) groups excluding carboxylic acids is 2. The molecule has 0 bridgehead atoms. The summed E-state index contributed by atoms with van der Waals surface area (Å²) < 4.78 is 0. The number of nitrogens with zero attached hydrogens (tertiary/aromatic N) is 3. The van der Waals surface area contributed by atoms with Gasteiger partial charge >= 0.3 is 5.97 Å². The molecule has 0 radical (unpaired) electrons. The van der Waals surface area contributed by atoms with E-state index in [2.05, 4.69) is 29.3 Å². The van der Waals surface area contributed by atoms with Gasteiger partial charge in [0.1, 0.15) is 0 Å². The molecule has 2 aromatic rings. The van der Waals surface area contributed by atoms with Gasteiger partial charge in [-0.3, -0.25) is 14.4 Å². The topological polar surface area (TPSA) is 93.2 Å². The number of amides is 2. The van der Waals surface area contributed by atoms with E-state index in [-0.39, 0.29) is 30.3 Å². The number of benzene rings is 2. The monoisotopic (exact) mass is 464 g/mol. The van der Waals surface area contributed by atoms with Gasteiger partial charge in [0, 0.05) is 68.7 Å². The molecule has 0 spiro atoms. The number of hydrogen-bond donors (Lipinski definition) is 2. The van der Waals surface area contributed by atoms with Crippen LogP contribution in [0.5, 0.6) is 0 Å². The number of piperazine rings is 1. The van der Waals surface area contributed by atoms with E-state index in [0.717, 1.165) is 47.7 Å². The maximum absolute atomic E-state index is 12.5. The van der Waals surface area contributed by atoms with Crippen LogP contribution in [0.15, 0.2) is 42.5 Å². The number of nitrogens with one attached hydrogen (secondary N) is 1. The molecule has 2 atom stereocenters. The third-order valence-corrected chi connectivity index (χ3v) is 6.74. The van der Waals surface area contributed by atoms with Crippen molar-refractivity contribution in [1.29, 1.82) is 0 Å². The van der Waals surface area contributed by atoms with Crippen LogP contribution in [0.1, 0.15) is 44.4 Å². The molecule has 2 N–H and O–H groups in total. The van der Waals surface area contributed by atoms with Gasteiger partial charge in [0.2, 0.25) is 11.8 Å². The van der Waals surface area contributed by atoms with Crippen LogP contribution in [-0.4, -0.2) is 60.0 Å². The van der Waals surface area contributed by atoms with Gasteiger partial charge in [0.05, 0.1) is 12.5 Å². The van der Waals surface area contributed by atoms with Crippen LogP contribution in [0.25, 0.3) is 0 Å². The Bertz CT molecular complexity index is 1080. The predicted molar refractivity (Wildman–Crippen MR) is 132 cm³/mol. The molecule has 4 rings (SSSR count). The Hall–Kier alpha value is -3.55. The highest BCUT2D eigenvalue weighted by Gasteiger charge is 2.33. The number of anilines is 3. The summed E-state index contributed by atoms with van der Waals surface area (Å²) in [6.45, 7) is 8.22. The van der Waals surface area contributed by atoms with E-state index in [0.29, 0.717) is 13.1 Å². The minimum atomic E-state index is -0.850. The summed E-state index contributed by atoms with van der Waals surface area (Å²) in [6.07, 6.45) is 0.752. The second-order valence-electron chi connectivity index (χ2n) is 9.17. The standard InChI is InChI=1S/C26H32N4O4/c1-17-14-24(27-21-6-4-20(5-7-21)15-26(33)34)23-16-22(8-9-25(23)30(17)19(3)32)29-12-10-28(11-13-29)18(2)31/h4-9,16-17,24,27H,10-15H2,1-3H3,(H,33,34)/t17-,24+/m1/s1. The van der Waals surface area contributed by atoms with E-state index in [1.54, 1.807) is 13.8 Å². The number of hydrogen-bond acceptors (Lipinski definition) is 5. The second kappa shape index (κ2) is 9.75. The summed E-state index contributed by atoms with van der Waals surface area (Å²) >= 11 is 0. The van der Waals surface area contributed by atoms with Gasteiger partial charge in [-0.1, -0.05) is 12.1 Å². The first kappa shape index (κ1) is 23.6. The third-order valence-electron chi connectivity index (χ3n) is 6.74. The third kappa shape index (κ3) is 5.00. The molecule has 2 aliphatic heterocycles. The lowest BCUT2D eigenvalue weighted by atomic mass is 9.90. The summed E-state index contributed by atoms with van der Waals surface area (Å²) in [5.41, 5.74) is 4.73. The van der Waals surface area contributed by atoms with E-state index >= 15 is 0 Å². The molecule has 0 aromatic heterocycles. The fourth-order valence-electron chi connectivity index (χ4n) is 5.04. The molecular weight excluding hydrogens is 432 g/mol. The highest BCUT2D eigenvalue weighted by molar-refractivity contribution is 5.94. The van der Waals surface area contributed by atoms with Crippen molar-refractivity contribution in [3.8, 4) is 0 Å². The number of carboxylic acid groups (broad SMARTS) is 1. The van der Waals surface area contributed by atoms with E-state index in [1.165, 1.54) is 0 Å². The molecule has 8 heteroatoms. The van der Waals surface area contributed by atoms with Crippen LogP contribution >= 0.6 is 0 Å². The Morgan fingerprint density at radius 3 is 2.24 bits per heavy atom. The highest BCUT2D eigenvalue weighted by Crippen LogP contribution is 2.41. The lowest BCUT2D eigenvalue weighted by Crippen LogP contribution is -2.48. The molecule has 2 amide bonds. The van der Waals surface area contributed by atoms with Crippen LogP contribution in [0.2, 0.25) is 0 Å². The maximum Gasteiger partial charge on any atom is 0.307 e. The van der Waals surface area contributed by atoms with E-state index in [4.69, 9.17) is 5.11 Å². The Balaban J connectivity index is 1.61. The van der Waals surface area contributed by atoms with Gasteiger partial charge < -0.3 is 25.1 Å². The molecule has 8 nitrogen and oxygen atoms in total. The van der Waals surface area contributed by atoms with Gasteiger partial charge in [-0.05, 0) is 49.2 Å². The van der Waals surface area contributed by atoms with Crippen molar-refractivity contribution in [2.45, 2.75) is 45.7 Å².